The minimum atomic E-state index is -5.68. The lowest BCUT2D eigenvalue weighted by atomic mass is 10.0. The largest absolute Gasteiger partial charge is 0.527 e. The van der Waals surface area contributed by atoms with Crippen molar-refractivity contribution in [2.45, 2.75) is 45.4 Å². The van der Waals surface area contributed by atoms with E-state index < -0.39 is 36.4 Å². The lowest BCUT2D eigenvalue weighted by molar-refractivity contribution is -0.469. The summed E-state index contributed by atoms with van der Waals surface area (Å²) in [7, 11) is 0. The Bertz CT molecular complexity index is 435. The van der Waals surface area contributed by atoms with Crippen LogP contribution < -0.4 is 0 Å². The van der Waals surface area contributed by atoms with E-state index in [9.17, 15) is 31.9 Å². The molecule has 10 heteroatoms. The first-order valence-corrected chi connectivity index (χ1v) is 5.55. The van der Waals surface area contributed by atoms with Crippen LogP contribution in [0.2, 0.25) is 0 Å². The van der Waals surface area contributed by atoms with Gasteiger partial charge in [-0.3, -0.25) is 4.79 Å². The van der Waals surface area contributed by atoms with Gasteiger partial charge in [-0.2, -0.15) is 18.9 Å². The molecule has 1 amide bonds. The molecule has 1 aliphatic heterocycles. The van der Waals surface area contributed by atoms with Crippen LogP contribution >= 0.6 is 0 Å². The molecule has 1 heterocycles. The molecule has 1 atom stereocenters. The van der Waals surface area contributed by atoms with Crippen LogP contribution in [-0.2, 0) is 9.53 Å². The minimum Gasteiger partial charge on any atom is -0.362 e. The Labute approximate surface area is 111 Å². The van der Waals surface area contributed by atoms with Gasteiger partial charge in [-0.1, -0.05) is 13.8 Å². The molecule has 116 valence electrons. The highest BCUT2D eigenvalue weighted by Gasteiger charge is 2.66. The van der Waals surface area contributed by atoms with Crippen molar-refractivity contribution in [2.75, 3.05) is 0 Å². The number of amides is 1. The van der Waals surface area contributed by atoms with Crippen LogP contribution in [0.3, 0.4) is 0 Å². The maximum absolute atomic E-state index is 13.6. The second kappa shape index (κ2) is 4.92. The first-order chi connectivity index (χ1) is 8.80. The number of hydrogen-bond donors (Lipinski definition) is 1. The summed E-state index contributed by atoms with van der Waals surface area (Å²) in [5.74, 6) is -1.90. The van der Waals surface area contributed by atoms with Gasteiger partial charge in [0, 0.05) is 18.1 Å². The molecule has 0 saturated heterocycles. The molecule has 0 bridgehead atoms. The van der Waals surface area contributed by atoms with E-state index in [2.05, 4.69) is 9.84 Å². The molecule has 1 N–H and O–H groups in total. The quantitative estimate of drug-likeness (QED) is 0.812. The number of alkyl halides is 5. The topological polar surface area (TPSA) is 62.1 Å². The highest BCUT2D eigenvalue weighted by Crippen LogP contribution is 2.43. The number of rotatable bonds is 3. The third-order valence-electron chi connectivity index (χ3n) is 2.54. The molecular weight excluding hydrogens is 291 g/mol. The predicted octanol–water partition coefficient (Wildman–Crippen LogP) is 2.07. The second-order valence-corrected chi connectivity index (χ2v) is 4.70. The summed E-state index contributed by atoms with van der Waals surface area (Å²) < 4.78 is 65.9. The molecular formula is C10H13F5N2O3. The standard InChI is InChI=1S/C10H13F5N2O3/c1-5(2)7(18)17-8(19,4-6(3)16-17)9(11,12)20-10(13,14)15/h5,19H,4H2,1-3H3/t8-/m0/s1. The average molecular weight is 304 g/mol. The first kappa shape index (κ1) is 16.8. The molecule has 0 aromatic rings. The van der Waals surface area contributed by atoms with Crippen molar-refractivity contribution in [2.24, 2.45) is 11.0 Å². The molecule has 0 aliphatic carbocycles. The van der Waals surface area contributed by atoms with E-state index >= 15 is 0 Å². The van der Waals surface area contributed by atoms with Crippen LogP contribution in [-0.4, -0.2) is 39.9 Å². The van der Waals surface area contributed by atoms with Gasteiger partial charge < -0.3 is 5.11 Å². The van der Waals surface area contributed by atoms with Crippen LogP contribution in [0, 0.1) is 5.92 Å². The van der Waals surface area contributed by atoms with Gasteiger partial charge in [0.25, 0.3) is 5.72 Å². The summed E-state index contributed by atoms with van der Waals surface area (Å²) in [5, 5.41) is 13.2. The Kier molecular flexibility index (Phi) is 4.12. The van der Waals surface area contributed by atoms with Gasteiger partial charge in [0.1, 0.15) is 0 Å². The van der Waals surface area contributed by atoms with Crippen LogP contribution in [0.4, 0.5) is 22.0 Å². The van der Waals surface area contributed by atoms with Crippen molar-refractivity contribution in [3.63, 3.8) is 0 Å². The van der Waals surface area contributed by atoms with E-state index in [1.165, 1.54) is 20.8 Å². The van der Waals surface area contributed by atoms with Gasteiger partial charge in [-0.25, -0.2) is 4.74 Å². The Morgan fingerprint density at radius 3 is 2.30 bits per heavy atom. The molecule has 0 aromatic carbocycles. The van der Waals surface area contributed by atoms with Crippen molar-refractivity contribution >= 4 is 11.6 Å². The van der Waals surface area contributed by atoms with E-state index in [0.29, 0.717) is 0 Å². The molecule has 0 unspecified atom stereocenters. The normalized spacial score (nSPS) is 24.3. The highest BCUT2D eigenvalue weighted by molar-refractivity contribution is 5.89. The molecule has 0 aromatic heterocycles. The number of carbonyl (C=O) groups is 1. The zero-order valence-electron chi connectivity index (χ0n) is 10.8. The van der Waals surface area contributed by atoms with Crippen LogP contribution in [0.15, 0.2) is 5.10 Å². The summed E-state index contributed by atoms with van der Waals surface area (Å²) in [4.78, 5) is 11.7. The van der Waals surface area contributed by atoms with Crippen molar-refractivity contribution in [1.82, 2.24) is 5.01 Å². The van der Waals surface area contributed by atoms with Gasteiger partial charge in [-0.15, -0.1) is 13.2 Å². The monoisotopic (exact) mass is 304 g/mol. The molecule has 20 heavy (non-hydrogen) atoms. The van der Waals surface area contributed by atoms with E-state index in [0.717, 1.165) is 0 Å². The molecule has 0 spiro atoms. The summed E-state index contributed by atoms with van der Waals surface area (Å²) in [6.45, 7) is 3.85. The van der Waals surface area contributed by atoms with Gasteiger partial charge in [0.15, 0.2) is 0 Å². The zero-order chi connectivity index (χ0) is 15.9. The maximum Gasteiger partial charge on any atom is 0.527 e. The van der Waals surface area contributed by atoms with Crippen LogP contribution in [0.25, 0.3) is 0 Å². The Hall–Kier alpha value is -1.29. The van der Waals surface area contributed by atoms with E-state index in [1.54, 1.807) is 0 Å². The lowest BCUT2D eigenvalue weighted by Crippen LogP contribution is -2.61. The summed E-state index contributed by atoms with van der Waals surface area (Å²) in [5.41, 5.74) is -3.62. The van der Waals surface area contributed by atoms with Gasteiger partial charge in [0.2, 0.25) is 5.91 Å². The fourth-order valence-corrected chi connectivity index (χ4v) is 1.65. The van der Waals surface area contributed by atoms with Crippen molar-refractivity contribution in [3.05, 3.63) is 0 Å². The number of carbonyl (C=O) groups excluding carboxylic acids is 1. The fourth-order valence-electron chi connectivity index (χ4n) is 1.65. The number of hydrazone groups is 1. The first-order valence-electron chi connectivity index (χ1n) is 5.55. The molecule has 1 rings (SSSR count). The third kappa shape index (κ3) is 3.06. The van der Waals surface area contributed by atoms with E-state index in [1.807, 2.05) is 0 Å². The fraction of sp³-hybridized carbons (Fsp3) is 0.800. The zero-order valence-corrected chi connectivity index (χ0v) is 10.8. The van der Waals surface area contributed by atoms with Crippen molar-refractivity contribution in [1.29, 1.82) is 0 Å². The molecule has 0 saturated carbocycles. The average Bonchev–Trinajstić information content (AvgIpc) is 2.50. The molecule has 0 radical (unpaired) electrons. The SMILES string of the molecule is CC1=NN(C(=O)C(C)C)[C@@](O)(C(F)(F)OC(F)(F)F)C1. The van der Waals surface area contributed by atoms with E-state index in [4.69, 9.17) is 0 Å². The van der Waals surface area contributed by atoms with Crippen LogP contribution in [0.5, 0.6) is 0 Å². The second-order valence-electron chi connectivity index (χ2n) is 4.70. The molecule has 0 fully saturated rings. The van der Waals surface area contributed by atoms with Gasteiger partial charge in [0.05, 0.1) is 0 Å². The Morgan fingerprint density at radius 2 is 1.90 bits per heavy atom. The van der Waals surface area contributed by atoms with Crippen LogP contribution in [0.1, 0.15) is 27.2 Å². The number of hydrogen-bond acceptors (Lipinski definition) is 4. The highest BCUT2D eigenvalue weighted by atomic mass is 19.4. The minimum absolute atomic E-state index is 0.0429. The van der Waals surface area contributed by atoms with E-state index in [-0.39, 0.29) is 10.7 Å². The third-order valence-corrected chi connectivity index (χ3v) is 2.54. The van der Waals surface area contributed by atoms with Crippen molar-refractivity contribution < 1.29 is 36.6 Å². The summed E-state index contributed by atoms with van der Waals surface area (Å²) in [6.07, 6.45) is -11.7. The number of halogens is 5. The Balaban J connectivity index is 3.15. The summed E-state index contributed by atoms with van der Waals surface area (Å²) >= 11 is 0. The van der Waals surface area contributed by atoms with Gasteiger partial charge >= 0.3 is 12.5 Å². The number of nitrogens with zero attached hydrogens (tertiary/aromatic N) is 2. The maximum atomic E-state index is 13.6. The number of aliphatic hydroxyl groups is 1. The lowest BCUT2D eigenvalue weighted by Gasteiger charge is -2.37. The Morgan fingerprint density at radius 1 is 1.40 bits per heavy atom. The van der Waals surface area contributed by atoms with Gasteiger partial charge in [-0.05, 0) is 6.92 Å². The summed E-state index contributed by atoms with van der Waals surface area (Å²) in [6, 6.07) is 0. The number of ether oxygens (including phenoxy) is 1. The smallest absolute Gasteiger partial charge is 0.362 e. The van der Waals surface area contributed by atoms with Crippen molar-refractivity contribution in [3.8, 4) is 0 Å². The molecule has 1 aliphatic rings. The molecule has 5 nitrogen and oxygen atoms in total. The predicted molar refractivity (Wildman–Crippen MR) is 56.4 cm³/mol.